The van der Waals surface area contributed by atoms with Crippen molar-refractivity contribution in [1.29, 1.82) is 0 Å². The molecular weight excluding hydrogens is 288 g/mol. The minimum atomic E-state index is -3.59. The Kier molecular flexibility index (Phi) is 5.06. The third kappa shape index (κ3) is 4.21. The Hall–Kier alpha value is -2.13. The number of sulfonamides is 1. The molecule has 20 heavy (non-hydrogen) atoms. The number of anilines is 1. The number of rotatable bonds is 7. The Labute approximate surface area is 115 Å². The molecule has 1 aromatic carbocycles. The summed E-state index contributed by atoms with van der Waals surface area (Å²) in [5.41, 5.74) is 0.310. The molecule has 0 heterocycles. The van der Waals surface area contributed by atoms with E-state index in [0.29, 0.717) is 5.69 Å². The predicted octanol–water partition coefficient (Wildman–Crippen LogP) is -0.430. The van der Waals surface area contributed by atoms with Gasteiger partial charge in [-0.05, 0) is 31.3 Å². The molecule has 0 bridgehead atoms. The lowest BCUT2D eigenvalue weighted by atomic mass is 10.3. The molecule has 1 aromatic rings. The fraction of sp³-hybridized carbons (Fsp3) is 0.273. The van der Waals surface area contributed by atoms with E-state index in [0.717, 1.165) is 4.90 Å². The lowest BCUT2D eigenvalue weighted by molar-refractivity contribution is -0.136. The molecule has 8 nitrogen and oxygen atoms in total. The highest BCUT2D eigenvalue weighted by molar-refractivity contribution is 7.89. The van der Waals surface area contributed by atoms with Crippen molar-refractivity contribution in [3.8, 4) is 0 Å². The van der Waals surface area contributed by atoms with Gasteiger partial charge in [0.2, 0.25) is 10.0 Å². The molecule has 110 valence electrons. The van der Waals surface area contributed by atoms with E-state index in [1.165, 1.54) is 31.3 Å². The molecule has 3 N–H and O–H groups in total. The van der Waals surface area contributed by atoms with Crippen molar-refractivity contribution < 1.29 is 28.2 Å². The van der Waals surface area contributed by atoms with Gasteiger partial charge in [0.05, 0.1) is 4.90 Å². The van der Waals surface area contributed by atoms with E-state index in [9.17, 15) is 18.0 Å². The highest BCUT2D eigenvalue weighted by Gasteiger charge is 2.16. The molecule has 0 atom stereocenters. The number of carbonyl (C=O) groups is 2. The molecule has 0 aliphatic heterocycles. The van der Waals surface area contributed by atoms with Gasteiger partial charge in [-0.25, -0.2) is 13.1 Å². The van der Waals surface area contributed by atoms with E-state index in [-0.39, 0.29) is 4.90 Å². The van der Waals surface area contributed by atoms with Crippen molar-refractivity contribution in [1.82, 2.24) is 4.72 Å². The Bertz CT molecular complexity index is 580. The van der Waals surface area contributed by atoms with Crippen LogP contribution in [-0.2, 0) is 19.6 Å². The number of benzene rings is 1. The number of aliphatic carboxylic acids is 2. The van der Waals surface area contributed by atoms with Gasteiger partial charge >= 0.3 is 11.9 Å². The second-order valence-electron chi connectivity index (χ2n) is 3.85. The summed E-state index contributed by atoms with van der Waals surface area (Å²) in [5, 5.41) is 17.5. The SMILES string of the molecule is CNS(=O)(=O)c1ccc(N(CC(=O)O)CC(=O)O)cc1. The molecule has 0 fully saturated rings. The zero-order valence-electron chi connectivity index (χ0n) is 10.6. The molecular formula is C11H14N2O6S. The zero-order valence-corrected chi connectivity index (χ0v) is 11.4. The van der Waals surface area contributed by atoms with E-state index < -0.39 is 35.1 Å². The molecule has 0 spiro atoms. The van der Waals surface area contributed by atoms with Gasteiger partial charge < -0.3 is 15.1 Å². The smallest absolute Gasteiger partial charge is 0.323 e. The molecule has 0 amide bonds. The summed E-state index contributed by atoms with van der Waals surface area (Å²) in [6.07, 6.45) is 0. The van der Waals surface area contributed by atoms with Crippen LogP contribution in [0.15, 0.2) is 29.2 Å². The molecule has 9 heteroatoms. The highest BCUT2D eigenvalue weighted by Crippen LogP contribution is 2.17. The third-order valence-electron chi connectivity index (χ3n) is 2.43. The van der Waals surface area contributed by atoms with Crippen molar-refractivity contribution in [2.75, 3.05) is 25.0 Å². The summed E-state index contributed by atoms with van der Waals surface area (Å²) < 4.78 is 25.2. The summed E-state index contributed by atoms with van der Waals surface area (Å²) in [6, 6.07) is 5.27. The van der Waals surface area contributed by atoms with Crippen LogP contribution < -0.4 is 9.62 Å². The van der Waals surface area contributed by atoms with Crippen LogP contribution in [0.4, 0.5) is 5.69 Å². The first kappa shape index (κ1) is 15.9. The van der Waals surface area contributed by atoms with Gasteiger partial charge in [0.25, 0.3) is 0 Å². The second-order valence-corrected chi connectivity index (χ2v) is 5.73. The molecule has 0 aliphatic carbocycles. The quantitative estimate of drug-likeness (QED) is 0.624. The number of nitrogens with zero attached hydrogens (tertiary/aromatic N) is 1. The van der Waals surface area contributed by atoms with E-state index in [2.05, 4.69) is 4.72 Å². The van der Waals surface area contributed by atoms with Crippen LogP contribution in [0.5, 0.6) is 0 Å². The summed E-state index contributed by atoms with van der Waals surface area (Å²) in [5.74, 6) is -2.36. The Morgan fingerprint density at radius 1 is 1.10 bits per heavy atom. The van der Waals surface area contributed by atoms with Crippen molar-refractivity contribution in [2.24, 2.45) is 0 Å². The normalized spacial score (nSPS) is 11.1. The fourth-order valence-electron chi connectivity index (χ4n) is 1.52. The van der Waals surface area contributed by atoms with Gasteiger partial charge in [-0.3, -0.25) is 9.59 Å². The van der Waals surface area contributed by atoms with Crippen LogP contribution in [0.1, 0.15) is 0 Å². The maximum Gasteiger partial charge on any atom is 0.323 e. The monoisotopic (exact) mass is 302 g/mol. The van der Waals surface area contributed by atoms with E-state index in [1.807, 2.05) is 0 Å². The number of hydrogen-bond donors (Lipinski definition) is 3. The van der Waals surface area contributed by atoms with E-state index in [4.69, 9.17) is 10.2 Å². The summed E-state index contributed by atoms with van der Waals surface area (Å²) in [4.78, 5) is 22.5. The molecule has 0 unspecified atom stereocenters. The minimum Gasteiger partial charge on any atom is -0.480 e. The fourth-order valence-corrected chi connectivity index (χ4v) is 2.25. The first-order valence-corrected chi connectivity index (χ1v) is 6.96. The van der Waals surface area contributed by atoms with Crippen LogP contribution in [0.3, 0.4) is 0 Å². The van der Waals surface area contributed by atoms with Crippen molar-refractivity contribution in [2.45, 2.75) is 4.90 Å². The number of nitrogens with one attached hydrogen (secondary N) is 1. The first-order valence-electron chi connectivity index (χ1n) is 5.48. The molecule has 0 saturated carbocycles. The van der Waals surface area contributed by atoms with Crippen LogP contribution in [0.25, 0.3) is 0 Å². The second kappa shape index (κ2) is 6.35. The standard InChI is InChI=1S/C11H14N2O6S/c1-12-20(18,19)9-4-2-8(3-5-9)13(6-10(14)15)7-11(16)17/h2-5,12H,6-7H2,1H3,(H,14,15)(H,16,17). The lowest BCUT2D eigenvalue weighted by Crippen LogP contribution is -2.34. The summed E-state index contributed by atoms with van der Waals surface area (Å²) >= 11 is 0. The Morgan fingerprint density at radius 2 is 1.55 bits per heavy atom. The Morgan fingerprint density at radius 3 is 1.90 bits per heavy atom. The number of hydrogen-bond acceptors (Lipinski definition) is 5. The van der Waals surface area contributed by atoms with Gasteiger partial charge in [0, 0.05) is 5.69 Å². The molecule has 0 aliphatic rings. The number of carboxylic acid groups (broad SMARTS) is 2. The molecule has 0 saturated heterocycles. The van der Waals surface area contributed by atoms with E-state index >= 15 is 0 Å². The largest absolute Gasteiger partial charge is 0.480 e. The topological polar surface area (TPSA) is 124 Å². The lowest BCUT2D eigenvalue weighted by Gasteiger charge is -2.20. The van der Waals surface area contributed by atoms with Crippen LogP contribution >= 0.6 is 0 Å². The molecule has 0 radical (unpaired) electrons. The van der Waals surface area contributed by atoms with Gasteiger partial charge in [-0.1, -0.05) is 0 Å². The number of carboxylic acids is 2. The van der Waals surface area contributed by atoms with Crippen LogP contribution in [0, 0.1) is 0 Å². The third-order valence-corrected chi connectivity index (χ3v) is 3.86. The van der Waals surface area contributed by atoms with Crippen LogP contribution in [-0.4, -0.2) is 50.7 Å². The molecule has 1 rings (SSSR count). The van der Waals surface area contributed by atoms with Gasteiger partial charge in [-0.15, -0.1) is 0 Å². The zero-order chi connectivity index (χ0) is 15.3. The average Bonchev–Trinajstić information content (AvgIpc) is 2.37. The minimum absolute atomic E-state index is 0.00866. The van der Waals surface area contributed by atoms with E-state index in [1.54, 1.807) is 0 Å². The maximum absolute atomic E-state index is 11.5. The van der Waals surface area contributed by atoms with Crippen LogP contribution in [0.2, 0.25) is 0 Å². The molecule has 0 aromatic heterocycles. The van der Waals surface area contributed by atoms with Crippen molar-refractivity contribution >= 4 is 27.6 Å². The predicted molar refractivity (Wildman–Crippen MR) is 70.2 cm³/mol. The average molecular weight is 302 g/mol. The first-order chi connectivity index (χ1) is 9.26. The van der Waals surface area contributed by atoms with Crippen molar-refractivity contribution in [3.63, 3.8) is 0 Å². The highest BCUT2D eigenvalue weighted by atomic mass is 32.2. The van der Waals surface area contributed by atoms with Gasteiger partial charge in [0.1, 0.15) is 13.1 Å². The van der Waals surface area contributed by atoms with Crippen molar-refractivity contribution in [3.05, 3.63) is 24.3 Å². The Balaban J connectivity index is 3.04. The van der Waals surface area contributed by atoms with Gasteiger partial charge in [0.15, 0.2) is 0 Å². The van der Waals surface area contributed by atoms with Gasteiger partial charge in [-0.2, -0.15) is 0 Å². The summed E-state index contributed by atoms with van der Waals surface area (Å²) in [6.45, 7) is -0.991. The maximum atomic E-state index is 11.5. The summed E-state index contributed by atoms with van der Waals surface area (Å²) in [7, 11) is -2.32.